The third-order valence-electron chi connectivity index (χ3n) is 6.14. The van der Waals surface area contributed by atoms with Gasteiger partial charge in [-0.15, -0.1) is 0 Å². The van der Waals surface area contributed by atoms with Crippen molar-refractivity contribution in [1.82, 2.24) is 15.1 Å². The molecule has 1 amide bonds. The number of aromatic nitrogens is 2. The maximum absolute atomic E-state index is 13.3. The van der Waals surface area contributed by atoms with Crippen LogP contribution in [0.2, 0.25) is 5.02 Å². The SMILES string of the molecule is CCCCCOc1ccc(C2c3c(-c4cc(Cl)c(C)cc4O)n[nH]c3C(=O)N2CCOC)cc1. The predicted molar refractivity (Wildman–Crippen MR) is 132 cm³/mol. The Hall–Kier alpha value is -3.03. The molecule has 180 valence electrons. The number of methoxy groups -OCH3 is 1. The second-order valence-corrected chi connectivity index (χ2v) is 8.91. The van der Waals surface area contributed by atoms with Crippen molar-refractivity contribution in [3.8, 4) is 22.8 Å². The molecule has 0 radical (unpaired) electrons. The van der Waals surface area contributed by atoms with E-state index >= 15 is 0 Å². The van der Waals surface area contributed by atoms with Crippen LogP contribution in [0.1, 0.15) is 59.4 Å². The van der Waals surface area contributed by atoms with Crippen LogP contribution in [0.15, 0.2) is 36.4 Å². The number of phenols is 1. The van der Waals surface area contributed by atoms with Crippen molar-refractivity contribution in [2.45, 2.75) is 39.2 Å². The highest BCUT2D eigenvalue weighted by Gasteiger charge is 2.42. The molecule has 0 spiro atoms. The fraction of sp³-hybridized carbons (Fsp3) is 0.385. The van der Waals surface area contributed by atoms with Crippen molar-refractivity contribution in [2.75, 3.05) is 26.9 Å². The maximum Gasteiger partial charge on any atom is 0.273 e. The van der Waals surface area contributed by atoms with E-state index in [-0.39, 0.29) is 17.7 Å². The first-order valence-corrected chi connectivity index (χ1v) is 11.9. The average Bonchev–Trinajstić information content (AvgIpc) is 3.37. The van der Waals surface area contributed by atoms with Crippen molar-refractivity contribution in [2.24, 2.45) is 0 Å². The number of aromatic amines is 1. The summed E-state index contributed by atoms with van der Waals surface area (Å²) in [5, 5.41) is 18.5. The number of amides is 1. The van der Waals surface area contributed by atoms with Crippen LogP contribution in [-0.2, 0) is 4.74 Å². The maximum atomic E-state index is 13.3. The first kappa shape index (κ1) is 24.1. The van der Waals surface area contributed by atoms with Crippen LogP contribution in [0.4, 0.5) is 0 Å². The lowest BCUT2D eigenvalue weighted by molar-refractivity contribution is 0.0677. The lowest BCUT2D eigenvalue weighted by Gasteiger charge is -2.26. The van der Waals surface area contributed by atoms with Crippen LogP contribution in [-0.4, -0.2) is 53.0 Å². The van der Waals surface area contributed by atoms with Gasteiger partial charge in [0, 0.05) is 29.8 Å². The number of ether oxygens (including phenoxy) is 2. The molecular formula is C26H30ClN3O4. The molecule has 7 nitrogen and oxygen atoms in total. The van der Waals surface area contributed by atoms with Crippen molar-refractivity contribution >= 4 is 17.5 Å². The van der Waals surface area contributed by atoms with E-state index in [1.165, 1.54) is 0 Å². The molecule has 1 unspecified atom stereocenters. The molecule has 2 heterocycles. The Kier molecular flexibility index (Phi) is 7.44. The number of aryl methyl sites for hydroxylation is 1. The number of benzene rings is 2. The fourth-order valence-electron chi connectivity index (χ4n) is 4.31. The Labute approximate surface area is 204 Å². The Balaban J connectivity index is 1.73. The van der Waals surface area contributed by atoms with E-state index in [1.807, 2.05) is 31.2 Å². The normalized spacial score (nSPS) is 15.1. The van der Waals surface area contributed by atoms with Gasteiger partial charge in [0.15, 0.2) is 0 Å². The summed E-state index contributed by atoms with van der Waals surface area (Å²) in [5.74, 6) is 0.699. The van der Waals surface area contributed by atoms with Crippen LogP contribution in [0.3, 0.4) is 0 Å². The zero-order chi connectivity index (χ0) is 24.2. The molecule has 0 aliphatic carbocycles. The number of nitrogens with one attached hydrogen (secondary N) is 1. The zero-order valence-electron chi connectivity index (χ0n) is 19.7. The van der Waals surface area contributed by atoms with Gasteiger partial charge in [-0.1, -0.05) is 43.5 Å². The number of hydrogen-bond donors (Lipinski definition) is 2. The highest BCUT2D eigenvalue weighted by molar-refractivity contribution is 6.31. The Morgan fingerprint density at radius 3 is 2.65 bits per heavy atom. The van der Waals surface area contributed by atoms with E-state index in [9.17, 15) is 9.90 Å². The molecular weight excluding hydrogens is 454 g/mol. The number of rotatable bonds is 10. The second kappa shape index (κ2) is 10.5. The third-order valence-corrected chi connectivity index (χ3v) is 6.55. The molecule has 1 aliphatic rings. The molecule has 8 heteroatoms. The summed E-state index contributed by atoms with van der Waals surface area (Å²) < 4.78 is 11.1. The Morgan fingerprint density at radius 1 is 1.18 bits per heavy atom. The summed E-state index contributed by atoms with van der Waals surface area (Å²) in [6.07, 6.45) is 3.30. The quantitative estimate of drug-likeness (QED) is 0.371. The summed E-state index contributed by atoms with van der Waals surface area (Å²) in [7, 11) is 1.61. The lowest BCUT2D eigenvalue weighted by atomic mass is 9.95. The average molecular weight is 484 g/mol. The van der Waals surface area contributed by atoms with Gasteiger partial charge in [0.1, 0.15) is 22.9 Å². The smallest absolute Gasteiger partial charge is 0.273 e. The first-order valence-electron chi connectivity index (χ1n) is 11.6. The highest BCUT2D eigenvalue weighted by atomic mass is 35.5. The number of unbranched alkanes of at least 4 members (excludes halogenated alkanes) is 2. The van der Waals surface area contributed by atoms with Gasteiger partial charge in [0.25, 0.3) is 5.91 Å². The van der Waals surface area contributed by atoms with E-state index in [0.29, 0.717) is 47.3 Å². The van der Waals surface area contributed by atoms with Gasteiger partial charge < -0.3 is 19.5 Å². The topological polar surface area (TPSA) is 87.7 Å². The van der Waals surface area contributed by atoms with Crippen molar-refractivity contribution in [3.63, 3.8) is 0 Å². The molecule has 1 atom stereocenters. The molecule has 1 aliphatic heterocycles. The summed E-state index contributed by atoms with van der Waals surface area (Å²) >= 11 is 6.35. The van der Waals surface area contributed by atoms with Gasteiger partial charge in [0.05, 0.1) is 19.3 Å². The number of H-pyrrole nitrogens is 1. The number of carbonyl (C=O) groups excluding carboxylic acids is 1. The third kappa shape index (κ3) is 4.63. The highest BCUT2D eigenvalue weighted by Crippen LogP contribution is 2.45. The molecule has 0 saturated heterocycles. The summed E-state index contributed by atoms with van der Waals surface area (Å²) in [6.45, 7) is 5.48. The summed E-state index contributed by atoms with van der Waals surface area (Å²) in [4.78, 5) is 15.1. The first-order chi connectivity index (χ1) is 16.5. The molecule has 0 fully saturated rings. The molecule has 34 heavy (non-hydrogen) atoms. The van der Waals surface area contributed by atoms with Crippen LogP contribution in [0.5, 0.6) is 11.5 Å². The minimum atomic E-state index is -0.389. The molecule has 2 N–H and O–H groups in total. The van der Waals surface area contributed by atoms with Crippen LogP contribution in [0, 0.1) is 6.92 Å². The van der Waals surface area contributed by atoms with Gasteiger partial charge in [-0.05, 0) is 48.7 Å². The molecule has 3 aromatic rings. The lowest BCUT2D eigenvalue weighted by Crippen LogP contribution is -2.32. The zero-order valence-corrected chi connectivity index (χ0v) is 20.5. The molecule has 0 bridgehead atoms. The molecule has 4 rings (SSSR count). The number of nitrogens with zero attached hydrogens (tertiary/aromatic N) is 2. The minimum absolute atomic E-state index is 0.0635. The van der Waals surface area contributed by atoms with Crippen molar-refractivity contribution in [1.29, 1.82) is 0 Å². The van der Waals surface area contributed by atoms with Gasteiger partial charge in [-0.2, -0.15) is 5.10 Å². The van der Waals surface area contributed by atoms with E-state index < -0.39 is 0 Å². The number of hydrogen-bond acceptors (Lipinski definition) is 5. The molecule has 0 saturated carbocycles. The Morgan fingerprint density at radius 2 is 1.94 bits per heavy atom. The largest absolute Gasteiger partial charge is 0.507 e. The predicted octanol–water partition coefficient (Wildman–Crippen LogP) is 5.50. The number of halogens is 1. The standard InChI is InChI=1S/C26H30ClN3O4/c1-4-5-6-12-34-18-9-7-17(8-10-18)25-22-23(19-15-20(27)16(2)14-21(19)31)28-29-24(22)26(32)30(25)11-13-33-3/h7-10,14-15,25,31H,4-6,11-13H2,1-3H3,(H,28,29). The number of fused-ring (bicyclic) bond motifs is 1. The van der Waals surface area contributed by atoms with Gasteiger partial charge in [-0.3, -0.25) is 9.89 Å². The Bertz CT molecular complexity index is 1160. The summed E-state index contributed by atoms with van der Waals surface area (Å²) in [6, 6.07) is 10.7. The monoisotopic (exact) mass is 483 g/mol. The number of carbonyl (C=O) groups is 1. The van der Waals surface area contributed by atoms with E-state index in [4.69, 9.17) is 21.1 Å². The minimum Gasteiger partial charge on any atom is -0.507 e. The van der Waals surface area contributed by atoms with E-state index in [2.05, 4.69) is 17.1 Å². The van der Waals surface area contributed by atoms with Gasteiger partial charge >= 0.3 is 0 Å². The van der Waals surface area contributed by atoms with E-state index in [0.717, 1.165) is 36.1 Å². The second-order valence-electron chi connectivity index (χ2n) is 8.50. The van der Waals surface area contributed by atoms with Crippen LogP contribution >= 0.6 is 11.6 Å². The summed E-state index contributed by atoms with van der Waals surface area (Å²) in [5.41, 5.74) is 3.80. The molecule has 1 aromatic heterocycles. The van der Waals surface area contributed by atoms with Crippen LogP contribution in [0.25, 0.3) is 11.3 Å². The van der Waals surface area contributed by atoms with Gasteiger partial charge in [0.2, 0.25) is 0 Å². The van der Waals surface area contributed by atoms with Crippen LogP contribution < -0.4 is 4.74 Å². The molecule has 2 aromatic carbocycles. The van der Waals surface area contributed by atoms with Gasteiger partial charge in [-0.25, -0.2) is 0 Å². The van der Waals surface area contributed by atoms with Crippen molar-refractivity contribution in [3.05, 3.63) is 63.8 Å². The fourth-order valence-corrected chi connectivity index (χ4v) is 4.48. The number of phenolic OH excluding ortho intramolecular Hbond substituents is 1. The van der Waals surface area contributed by atoms with E-state index in [1.54, 1.807) is 24.1 Å². The number of aromatic hydroxyl groups is 1. The van der Waals surface area contributed by atoms with Crippen molar-refractivity contribution < 1.29 is 19.4 Å².